The van der Waals surface area contributed by atoms with E-state index in [-0.39, 0.29) is 5.56 Å². The van der Waals surface area contributed by atoms with Crippen LogP contribution in [-0.2, 0) is 0 Å². The van der Waals surface area contributed by atoms with E-state index in [2.05, 4.69) is 10.3 Å². The molecule has 4 heteroatoms. The first-order valence-electron chi connectivity index (χ1n) is 6.50. The summed E-state index contributed by atoms with van der Waals surface area (Å²) in [5, 5.41) is 13.3. The molecular formula is C17H12FN3. The predicted molar refractivity (Wildman–Crippen MR) is 80.9 cm³/mol. The average Bonchev–Trinajstić information content (AvgIpc) is 2.49. The largest absolute Gasteiger partial charge is 0.353 e. The van der Waals surface area contributed by atoms with Crippen LogP contribution in [0.1, 0.15) is 11.3 Å². The number of fused-ring (bicyclic) bond motifs is 1. The maximum absolute atomic E-state index is 13.2. The van der Waals surface area contributed by atoms with E-state index in [1.807, 2.05) is 43.3 Å². The maximum Gasteiger partial charge on any atom is 0.124 e. The summed E-state index contributed by atoms with van der Waals surface area (Å²) in [5.74, 6) is -0.427. The van der Waals surface area contributed by atoms with E-state index in [0.29, 0.717) is 5.69 Å². The van der Waals surface area contributed by atoms with Gasteiger partial charge in [0, 0.05) is 11.1 Å². The highest BCUT2D eigenvalue weighted by molar-refractivity contribution is 5.92. The van der Waals surface area contributed by atoms with Crippen molar-refractivity contribution < 1.29 is 4.39 Å². The van der Waals surface area contributed by atoms with E-state index < -0.39 is 5.82 Å². The van der Waals surface area contributed by atoms with Gasteiger partial charge in [0.2, 0.25) is 0 Å². The molecule has 102 valence electrons. The third kappa shape index (κ3) is 2.54. The molecule has 0 atom stereocenters. The van der Waals surface area contributed by atoms with Crippen molar-refractivity contribution in [3.63, 3.8) is 0 Å². The number of halogens is 1. The van der Waals surface area contributed by atoms with Gasteiger partial charge in [0.25, 0.3) is 0 Å². The van der Waals surface area contributed by atoms with Crippen molar-refractivity contribution in [2.45, 2.75) is 6.92 Å². The lowest BCUT2D eigenvalue weighted by atomic mass is 10.1. The second-order valence-corrected chi connectivity index (χ2v) is 4.76. The number of anilines is 2. The minimum atomic E-state index is -0.427. The number of para-hydroxylation sites is 1. The average molecular weight is 277 g/mol. The summed E-state index contributed by atoms with van der Waals surface area (Å²) in [4.78, 5) is 4.53. The Morgan fingerprint density at radius 1 is 1.10 bits per heavy atom. The zero-order valence-corrected chi connectivity index (χ0v) is 11.4. The zero-order valence-electron chi connectivity index (χ0n) is 11.4. The number of nitrogens with zero attached hydrogens (tertiary/aromatic N) is 2. The smallest absolute Gasteiger partial charge is 0.124 e. The van der Waals surface area contributed by atoms with Crippen molar-refractivity contribution in [2.75, 3.05) is 5.32 Å². The van der Waals surface area contributed by atoms with Gasteiger partial charge in [0.05, 0.1) is 22.5 Å². The van der Waals surface area contributed by atoms with Crippen molar-refractivity contribution in [1.82, 2.24) is 4.98 Å². The van der Waals surface area contributed by atoms with Crippen molar-refractivity contribution in [3.8, 4) is 6.07 Å². The lowest BCUT2D eigenvalue weighted by Crippen LogP contribution is -1.96. The Morgan fingerprint density at radius 3 is 2.76 bits per heavy atom. The Hall–Kier alpha value is -2.93. The van der Waals surface area contributed by atoms with Crippen LogP contribution < -0.4 is 5.32 Å². The van der Waals surface area contributed by atoms with E-state index in [4.69, 9.17) is 5.26 Å². The Morgan fingerprint density at radius 2 is 1.95 bits per heavy atom. The van der Waals surface area contributed by atoms with Crippen LogP contribution in [0.4, 0.5) is 15.8 Å². The molecule has 2 aromatic carbocycles. The van der Waals surface area contributed by atoms with Crippen LogP contribution in [0.3, 0.4) is 0 Å². The maximum atomic E-state index is 13.2. The molecule has 0 aliphatic rings. The Bertz CT molecular complexity index is 866. The molecule has 0 amide bonds. The molecule has 3 aromatic rings. The SMILES string of the molecule is Cc1ccc2cccc(Nc3ccc(F)cc3C#N)c2n1. The van der Waals surface area contributed by atoms with E-state index in [1.54, 1.807) is 6.07 Å². The molecule has 0 saturated heterocycles. The van der Waals surface area contributed by atoms with Gasteiger partial charge in [-0.1, -0.05) is 18.2 Å². The molecule has 1 heterocycles. The van der Waals surface area contributed by atoms with Gasteiger partial charge < -0.3 is 5.32 Å². The molecule has 1 N–H and O–H groups in total. The Kier molecular flexibility index (Phi) is 3.25. The summed E-state index contributed by atoms with van der Waals surface area (Å²) in [7, 11) is 0. The second kappa shape index (κ2) is 5.22. The van der Waals surface area contributed by atoms with Gasteiger partial charge in [-0.2, -0.15) is 5.26 Å². The van der Waals surface area contributed by atoms with Crippen molar-refractivity contribution in [2.24, 2.45) is 0 Å². The van der Waals surface area contributed by atoms with Crippen molar-refractivity contribution >= 4 is 22.3 Å². The van der Waals surface area contributed by atoms with Gasteiger partial charge in [-0.25, -0.2) is 4.39 Å². The molecular weight excluding hydrogens is 265 g/mol. The topological polar surface area (TPSA) is 48.7 Å². The van der Waals surface area contributed by atoms with Crippen LogP contribution in [0.5, 0.6) is 0 Å². The van der Waals surface area contributed by atoms with Crippen LogP contribution in [0.15, 0.2) is 48.5 Å². The van der Waals surface area contributed by atoms with Crippen LogP contribution in [0, 0.1) is 24.1 Å². The highest BCUT2D eigenvalue weighted by atomic mass is 19.1. The lowest BCUT2D eigenvalue weighted by Gasteiger charge is -2.11. The van der Waals surface area contributed by atoms with Crippen LogP contribution in [0.25, 0.3) is 10.9 Å². The first-order valence-corrected chi connectivity index (χ1v) is 6.50. The summed E-state index contributed by atoms with van der Waals surface area (Å²) in [5.41, 5.74) is 3.36. The number of aromatic nitrogens is 1. The normalized spacial score (nSPS) is 10.3. The number of pyridine rings is 1. The van der Waals surface area contributed by atoms with Crippen LogP contribution in [0.2, 0.25) is 0 Å². The predicted octanol–water partition coefficient (Wildman–Crippen LogP) is 4.30. The molecule has 0 spiro atoms. The molecule has 0 aliphatic carbocycles. The first kappa shape index (κ1) is 13.1. The quantitative estimate of drug-likeness (QED) is 0.759. The third-order valence-electron chi connectivity index (χ3n) is 3.23. The number of benzene rings is 2. The molecule has 0 saturated carbocycles. The lowest BCUT2D eigenvalue weighted by molar-refractivity contribution is 0.627. The standard InChI is InChI=1S/C17H12FN3/c1-11-5-6-12-3-2-4-16(17(12)20-11)21-15-8-7-14(18)9-13(15)10-19/h2-9,21H,1H3. The van der Waals surface area contributed by atoms with Gasteiger partial charge in [-0.05, 0) is 37.3 Å². The molecule has 0 aliphatic heterocycles. The van der Waals surface area contributed by atoms with Gasteiger partial charge >= 0.3 is 0 Å². The van der Waals surface area contributed by atoms with Crippen LogP contribution in [-0.4, -0.2) is 4.98 Å². The van der Waals surface area contributed by atoms with E-state index in [9.17, 15) is 4.39 Å². The molecule has 1 aromatic heterocycles. The number of rotatable bonds is 2. The zero-order chi connectivity index (χ0) is 14.8. The third-order valence-corrected chi connectivity index (χ3v) is 3.23. The van der Waals surface area contributed by atoms with Crippen LogP contribution >= 0.6 is 0 Å². The number of nitriles is 1. The van der Waals surface area contributed by atoms with E-state index >= 15 is 0 Å². The molecule has 0 fully saturated rings. The monoisotopic (exact) mass is 277 g/mol. The van der Waals surface area contributed by atoms with Gasteiger partial charge in [0.15, 0.2) is 0 Å². The van der Waals surface area contributed by atoms with E-state index in [0.717, 1.165) is 22.3 Å². The number of hydrogen-bond donors (Lipinski definition) is 1. The first-order chi connectivity index (χ1) is 10.2. The highest BCUT2D eigenvalue weighted by Gasteiger charge is 2.07. The number of aryl methyl sites for hydroxylation is 1. The molecule has 3 rings (SSSR count). The number of nitrogens with one attached hydrogen (secondary N) is 1. The Balaban J connectivity index is 2.11. The van der Waals surface area contributed by atoms with E-state index in [1.165, 1.54) is 12.1 Å². The molecule has 21 heavy (non-hydrogen) atoms. The summed E-state index contributed by atoms with van der Waals surface area (Å²) in [6.07, 6.45) is 0. The fraction of sp³-hybridized carbons (Fsp3) is 0.0588. The van der Waals surface area contributed by atoms with Gasteiger partial charge in [-0.15, -0.1) is 0 Å². The van der Waals surface area contributed by atoms with Gasteiger partial charge in [0.1, 0.15) is 11.9 Å². The summed E-state index contributed by atoms with van der Waals surface area (Å²) in [6, 6.07) is 15.8. The summed E-state index contributed by atoms with van der Waals surface area (Å²) in [6.45, 7) is 1.93. The summed E-state index contributed by atoms with van der Waals surface area (Å²) < 4.78 is 13.2. The molecule has 3 nitrogen and oxygen atoms in total. The summed E-state index contributed by atoms with van der Waals surface area (Å²) >= 11 is 0. The van der Waals surface area contributed by atoms with Gasteiger partial charge in [-0.3, -0.25) is 4.98 Å². The number of hydrogen-bond acceptors (Lipinski definition) is 3. The fourth-order valence-electron chi connectivity index (χ4n) is 2.21. The fourth-order valence-corrected chi connectivity index (χ4v) is 2.21. The molecule has 0 bridgehead atoms. The molecule has 0 radical (unpaired) electrons. The minimum absolute atomic E-state index is 0.264. The molecule has 0 unspecified atom stereocenters. The van der Waals surface area contributed by atoms with Crippen molar-refractivity contribution in [3.05, 3.63) is 65.6 Å². The second-order valence-electron chi connectivity index (χ2n) is 4.76. The highest BCUT2D eigenvalue weighted by Crippen LogP contribution is 2.27. The Labute approximate surface area is 121 Å². The minimum Gasteiger partial charge on any atom is -0.353 e. The van der Waals surface area contributed by atoms with Crippen molar-refractivity contribution in [1.29, 1.82) is 5.26 Å².